The lowest BCUT2D eigenvalue weighted by Gasteiger charge is -2.01. The molecule has 0 aliphatic carbocycles. The van der Waals surface area contributed by atoms with E-state index in [0.717, 1.165) is 6.32 Å². The molecule has 0 radical (unpaired) electrons. The molecule has 10 heavy (non-hydrogen) atoms. The minimum absolute atomic E-state index is 0.664. The Bertz CT molecular complexity index is 235. The molecule has 1 aromatic rings. The van der Waals surface area contributed by atoms with E-state index in [1.807, 2.05) is 18.2 Å². The second-order valence-corrected chi connectivity index (χ2v) is 2.32. The van der Waals surface area contributed by atoms with Crippen molar-refractivity contribution in [1.82, 2.24) is 0 Å². The minimum Gasteiger partial charge on any atom is -0.397 e. The number of nitrogen functional groups attached to an aromatic ring is 2. The molecule has 0 fully saturated rings. The van der Waals surface area contributed by atoms with E-state index in [4.69, 9.17) is 11.5 Å². The first-order valence-corrected chi connectivity index (χ1v) is 3.38. The van der Waals surface area contributed by atoms with Crippen molar-refractivity contribution in [2.45, 2.75) is 6.32 Å². The molecule has 0 heterocycles. The van der Waals surface area contributed by atoms with Gasteiger partial charge in [0.1, 0.15) is 7.85 Å². The van der Waals surface area contributed by atoms with Crippen molar-refractivity contribution < 1.29 is 0 Å². The summed E-state index contributed by atoms with van der Waals surface area (Å²) in [6.07, 6.45) is 1.00. The van der Waals surface area contributed by atoms with Crippen LogP contribution in [0.2, 0.25) is 0 Å². The second-order valence-electron chi connectivity index (χ2n) is 2.32. The van der Waals surface area contributed by atoms with Gasteiger partial charge in [0, 0.05) is 0 Å². The average molecular weight is 134 g/mol. The molecule has 0 aliphatic rings. The number of rotatable bonds is 1. The lowest BCUT2D eigenvalue weighted by atomic mass is 9.96. The molecule has 0 unspecified atom stereocenters. The van der Waals surface area contributed by atoms with Crippen LogP contribution in [0.1, 0.15) is 5.56 Å². The van der Waals surface area contributed by atoms with Crippen LogP contribution in [-0.4, -0.2) is 7.85 Å². The molecule has 1 rings (SSSR count). The van der Waals surface area contributed by atoms with Crippen LogP contribution < -0.4 is 11.5 Å². The number of benzene rings is 1. The molecule has 0 amide bonds. The first kappa shape index (κ1) is 7.00. The Balaban J connectivity index is 3.04. The monoisotopic (exact) mass is 134 g/mol. The largest absolute Gasteiger partial charge is 0.397 e. The molecule has 4 N–H and O–H groups in total. The maximum absolute atomic E-state index is 5.57. The van der Waals surface area contributed by atoms with E-state index < -0.39 is 0 Å². The van der Waals surface area contributed by atoms with Crippen molar-refractivity contribution in [1.29, 1.82) is 0 Å². The van der Waals surface area contributed by atoms with E-state index in [1.54, 1.807) is 0 Å². The highest BCUT2D eigenvalue weighted by molar-refractivity contribution is 6.08. The summed E-state index contributed by atoms with van der Waals surface area (Å²) in [5, 5.41) is 0. The van der Waals surface area contributed by atoms with Crippen LogP contribution >= 0.6 is 0 Å². The molecule has 2 nitrogen and oxygen atoms in total. The lowest BCUT2D eigenvalue weighted by molar-refractivity contribution is 1.40. The summed E-state index contributed by atoms with van der Waals surface area (Å²) in [6.45, 7) is 0. The summed E-state index contributed by atoms with van der Waals surface area (Å²) in [4.78, 5) is 0. The van der Waals surface area contributed by atoms with Crippen molar-refractivity contribution in [3.05, 3.63) is 23.8 Å². The molecule has 0 atom stereocenters. The topological polar surface area (TPSA) is 52.0 Å². The van der Waals surface area contributed by atoms with Gasteiger partial charge in [-0.05, 0) is 12.1 Å². The van der Waals surface area contributed by atoms with Crippen molar-refractivity contribution in [3.8, 4) is 0 Å². The number of hydrogen-bond acceptors (Lipinski definition) is 2. The average Bonchev–Trinajstić information content (AvgIpc) is 1.95. The summed E-state index contributed by atoms with van der Waals surface area (Å²) >= 11 is 0. The zero-order chi connectivity index (χ0) is 7.56. The molecule has 0 saturated heterocycles. The van der Waals surface area contributed by atoms with Crippen molar-refractivity contribution in [2.75, 3.05) is 11.5 Å². The Hall–Kier alpha value is -1.12. The van der Waals surface area contributed by atoms with Gasteiger partial charge in [-0.2, -0.15) is 0 Å². The van der Waals surface area contributed by atoms with Gasteiger partial charge < -0.3 is 11.5 Å². The Kier molecular flexibility index (Phi) is 1.85. The number of nitrogens with two attached hydrogens (primary N) is 2. The van der Waals surface area contributed by atoms with Gasteiger partial charge in [0.15, 0.2) is 0 Å². The van der Waals surface area contributed by atoms with E-state index >= 15 is 0 Å². The van der Waals surface area contributed by atoms with Gasteiger partial charge in [0.25, 0.3) is 0 Å². The smallest absolute Gasteiger partial charge is 0.107 e. The number of hydrogen-bond donors (Lipinski definition) is 2. The van der Waals surface area contributed by atoms with E-state index in [2.05, 4.69) is 7.85 Å². The summed E-state index contributed by atoms with van der Waals surface area (Å²) in [5.74, 6) is 0. The summed E-state index contributed by atoms with van der Waals surface area (Å²) in [6, 6.07) is 5.75. The van der Waals surface area contributed by atoms with Gasteiger partial charge in [-0.15, -0.1) is 0 Å². The fourth-order valence-electron chi connectivity index (χ4n) is 0.844. The third kappa shape index (κ3) is 1.24. The van der Waals surface area contributed by atoms with Crippen LogP contribution in [0, 0.1) is 0 Å². The van der Waals surface area contributed by atoms with E-state index in [-0.39, 0.29) is 0 Å². The highest BCUT2D eigenvalue weighted by Gasteiger charge is 1.93. The van der Waals surface area contributed by atoms with Crippen LogP contribution in [-0.2, 0) is 6.32 Å². The molecular formula is C7H11BN2. The Morgan fingerprint density at radius 1 is 1.20 bits per heavy atom. The number of anilines is 2. The predicted octanol–water partition coefficient (Wildman–Crippen LogP) is -0.0159. The minimum atomic E-state index is 0.664. The molecule has 0 saturated carbocycles. The van der Waals surface area contributed by atoms with Crippen LogP contribution in [0.4, 0.5) is 11.4 Å². The summed E-state index contributed by atoms with van der Waals surface area (Å²) in [5.41, 5.74) is 13.7. The Morgan fingerprint density at radius 2 is 1.90 bits per heavy atom. The van der Waals surface area contributed by atoms with Gasteiger partial charge >= 0.3 is 0 Å². The van der Waals surface area contributed by atoms with E-state index in [0.29, 0.717) is 11.4 Å². The van der Waals surface area contributed by atoms with Crippen molar-refractivity contribution in [3.63, 3.8) is 0 Å². The highest BCUT2D eigenvalue weighted by atomic mass is 14.7. The maximum Gasteiger partial charge on any atom is 0.107 e. The van der Waals surface area contributed by atoms with Gasteiger partial charge in [0.2, 0.25) is 0 Å². The standard InChI is InChI=1S/C7H11BN2/c8-4-5-1-2-6(9)7(10)3-5/h1-3H,4,8-10H2. The highest BCUT2D eigenvalue weighted by Crippen LogP contribution is 2.15. The zero-order valence-corrected chi connectivity index (χ0v) is 6.09. The fraction of sp³-hybridized carbons (Fsp3) is 0.143. The molecule has 1 aromatic carbocycles. The molecule has 0 bridgehead atoms. The normalized spacial score (nSPS) is 9.60. The van der Waals surface area contributed by atoms with Crippen LogP contribution in [0.15, 0.2) is 18.2 Å². The second kappa shape index (κ2) is 2.65. The fourth-order valence-corrected chi connectivity index (χ4v) is 0.844. The van der Waals surface area contributed by atoms with Crippen molar-refractivity contribution >= 4 is 19.2 Å². The van der Waals surface area contributed by atoms with Crippen LogP contribution in [0.25, 0.3) is 0 Å². The van der Waals surface area contributed by atoms with E-state index in [9.17, 15) is 0 Å². The third-order valence-electron chi connectivity index (χ3n) is 1.56. The van der Waals surface area contributed by atoms with Gasteiger partial charge in [-0.1, -0.05) is 17.9 Å². The maximum atomic E-state index is 5.57. The molecule has 0 aliphatic heterocycles. The quantitative estimate of drug-likeness (QED) is 0.419. The van der Waals surface area contributed by atoms with Gasteiger partial charge in [-0.25, -0.2) is 0 Å². The van der Waals surface area contributed by atoms with E-state index in [1.165, 1.54) is 5.56 Å². The van der Waals surface area contributed by atoms with Crippen molar-refractivity contribution in [2.24, 2.45) is 0 Å². The molecular weight excluding hydrogens is 123 g/mol. The Morgan fingerprint density at radius 3 is 2.40 bits per heavy atom. The molecule has 0 spiro atoms. The van der Waals surface area contributed by atoms with Crippen LogP contribution in [0.3, 0.4) is 0 Å². The lowest BCUT2D eigenvalue weighted by Crippen LogP contribution is -1.95. The van der Waals surface area contributed by atoms with Gasteiger partial charge in [0.05, 0.1) is 11.4 Å². The molecule has 0 aromatic heterocycles. The first-order valence-electron chi connectivity index (χ1n) is 3.38. The first-order chi connectivity index (χ1) is 4.74. The Labute approximate surface area is 61.6 Å². The SMILES string of the molecule is BCc1ccc(N)c(N)c1. The zero-order valence-electron chi connectivity index (χ0n) is 6.09. The van der Waals surface area contributed by atoms with Gasteiger partial charge in [-0.3, -0.25) is 0 Å². The summed E-state index contributed by atoms with van der Waals surface area (Å²) in [7, 11) is 2.09. The molecule has 52 valence electrons. The van der Waals surface area contributed by atoms with Crippen LogP contribution in [0.5, 0.6) is 0 Å². The summed E-state index contributed by atoms with van der Waals surface area (Å²) < 4.78 is 0. The predicted molar refractivity (Wildman–Crippen MR) is 47.5 cm³/mol. The third-order valence-corrected chi connectivity index (χ3v) is 1.56. The molecule has 3 heteroatoms.